The van der Waals surface area contributed by atoms with Crippen molar-refractivity contribution in [3.8, 4) is 0 Å². The third-order valence-corrected chi connectivity index (χ3v) is 3.36. The summed E-state index contributed by atoms with van der Waals surface area (Å²) in [6.07, 6.45) is 5.58. The molecule has 0 saturated heterocycles. The molecule has 18 heavy (non-hydrogen) atoms. The summed E-state index contributed by atoms with van der Waals surface area (Å²) in [6, 6.07) is 0.240. The maximum Gasteiger partial charge on any atom is 0.239 e. The van der Waals surface area contributed by atoms with Gasteiger partial charge in [0.2, 0.25) is 11.8 Å². The molecule has 5 nitrogen and oxygen atoms in total. The van der Waals surface area contributed by atoms with E-state index in [0.29, 0.717) is 13.2 Å². The van der Waals surface area contributed by atoms with Gasteiger partial charge >= 0.3 is 0 Å². The van der Waals surface area contributed by atoms with Crippen LogP contribution in [0.4, 0.5) is 0 Å². The van der Waals surface area contributed by atoms with Gasteiger partial charge in [0.25, 0.3) is 0 Å². The van der Waals surface area contributed by atoms with Crippen molar-refractivity contribution in [1.82, 2.24) is 10.2 Å². The molecule has 0 atom stereocenters. The Morgan fingerprint density at radius 2 is 1.94 bits per heavy atom. The average Bonchev–Trinajstić information content (AvgIpc) is 2.37. The van der Waals surface area contributed by atoms with E-state index in [1.165, 1.54) is 13.3 Å². The highest BCUT2D eigenvalue weighted by Crippen LogP contribution is 2.22. The zero-order valence-electron chi connectivity index (χ0n) is 11.4. The minimum absolute atomic E-state index is 0.0104. The van der Waals surface area contributed by atoms with Crippen molar-refractivity contribution >= 4 is 11.8 Å². The van der Waals surface area contributed by atoms with Gasteiger partial charge in [-0.15, -0.1) is 0 Å². The van der Waals surface area contributed by atoms with Crippen molar-refractivity contribution in [2.75, 3.05) is 26.8 Å². The van der Waals surface area contributed by atoms with Crippen molar-refractivity contribution in [2.45, 2.75) is 45.1 Å². The number of hydrogen-bond acceptors (Lipinski definition) is 3. The SMILES string of the molecule is COCCNC(=O)CN(C(C)=O)C1CCCCC1. The lowest BCUT2D eigenvalue weighted by Crippen LogP contribution is -2.46. The minimum atomic E-state index is -0.104. The molecule has 0 aromatic carbocycles. The largest absolute Gasteiger partial charge is 0.383 e. The molecule has 1 fully saturated rings. The van der Waals surface area contributed by atoms with Gasteiger partial charge in [-0.25, -0.2) is 0 Å². The highest BCUT2D eigenvalue weighted by molar-refractivity contribution is 5.83. The minimum Gasteiger partial charge on any atom is -0.383 e. The van der Waals surface area contributed by atoms with Crippen LogP contribution in [0.25, 0.3) is 0 Å². The lowest BCUT2D eigenvalue weighted by Gasteiger charge is -2.33. The molecule has 1 rings (SSSR count). The number of hydrogen-bond donors (Lipinski definition) is 1. The normalized spacial score (nSPS) is 16.3. The van der Waals surface area contributed by atoms with Crippen LogP contribution >= 0.6 is 0 Å². The Morgan fingerprint density at radius 1 is 1.28 bits per heavy atom. The van der Waals surface area contributed by atoms with Crippen molar-refractivity contribution < 1.29 is 14.3 Å². The van der Waals surface area contributed by atoms with E-state index in [1.807, 2.05) is 0 Å². The highest BCUT2D eigenvalue weighted by atomic mass is 16.5. The fraction of sp³-hybridized carbons (Fsp3) is 0.846. The second kappa shape index (κ2) is 8.08. The number of carbonyl (C=O) groups is 2. The van der Waals surface area contributed by atoms with Gasteiger partial charge in [0.15, 0.2) is 0 Å². The van der Waals surface area contributed by atoms with Gasteiger partial charge in [0, 0.05) is 26.6 Å². The summed E-state index contributed by atoms with van der Waals surface area (Å²) >= 11 is 0. The Labute approximate surface area is 109 Å². The fourth-order valence-electron chi connectivity index (χ4n) is 2.39. The van der Waals surface area contributed by atoms with Gasteiger partial charge in [0.05, 0.1) is 13.2 Å². The van der Waals surface area contributed by atoms with Crippen molar-refractivity contribution in [2.24, 2.45) is 0 Å². The molecule has 0 spiro atoms. The van der Waals surface area contributed by atoms with Gasteiger partial charge in [-0.2, -0.15) is 0 Å². The van der Waals surface area contributed by atoms with E-state index in [2.05, 4.69) is 5.32 Å². The molecule has 0 heterocycles. The number of carbonyl (C=O) groups excluding carboxylic acids is 2. The molecule has 104 valence electrons. The first kappa shape index (κ1) is 15.0. The maximum absolute atomic E-state index is 11.7. The number of ether oxygens (including phenoxy) is 1. The maximum atomic E-state index is 11.7. The van der Waals surface area contributed by atoms with E-state index < -0.39 is 0 Å². The Morgan fingerprint density at radius 3 is 2.50 bits per heavy atom. The van der Waals surface area contributed by atoms with Crippen LogP contribution < -0.4 is 5.32 Å². The summed E-state index contributed by atoms with van der Waals surface area (Å²) in [5.74, 6) is -0.114. The summed E-state index contributed by atoms with van der Waals surface area (Å²) in [4.78, 5) is 25.1. The molecule has 0 unspecified atom stereocenters. The monoisotopic (exact) mass is 256 g/mol. The molecule has 0 aromatic heterocycles. The number of rotatable bonds is 6. The molecule has 0 bridgehead atoms. The van der Waals surface area contributed by atoms with Crippen LogP contribution in [0.5, 0.6) is 0 Å². The molecule has 1 aliphatic carbocycles. The zero-order valence-corrected chi connectivity index (χ0v) is 11.4. The Balaban J connectivity index is 2.41. The first-order chi connectivity index (χ1) is 8.65. The molecule has 1 N–H and O–H groups in total. The first-order valence-corrected chi connectivity index (χ1v) is 6.68. The van der Waals surface area contributed by atoms with Crippen molar-refractivity contribution in [1.29, 1.82) is 0 Å². The average molecular weight is 256 g/mol. The molecular formula is C13H24N2O3. The lowest BCUT2D eigenvalue weighted by atomic mass is 9.94. The van der Waals surface area contributed by atoms with E-state index in [9.17, 15) is 9.59 Å². The topological polar surface area (TPSA) is 58.6 Å². The Hall–Kier alpha value is -1.10. The van der Waals surface area contributed by atoms with Crippen LogP contribution in [-0.2, 0) is 14.3 Å². The Kier molecular flexibility index (Phi) is 6.72. The summed E-state index contributed by atoms with van der Waals surface area (Å²) in [5.41, 5.74) is 0. The smallest absolute Gasteiger partial charge is 0.239 e. The summed E-state index contributed by atoms with van der Waals surface area (Å²) in [7, 11) is 1.59. The number of nitrogens with zero attached hydrogens (tertiary/aromatic N) is 1. The molecule has 1 saturated carbocycles. The van der Waals surface area contributed by atoms with Crippen LogP contribution in [0.2, 0.25) is 0 Å². The molecule has 0 aliphatic heterocycles. The highest BCUT2D eigenvalue weighted by Gasteiger charge is 2.24. The summed E-state index contributed by atoms with van der Waals surface area (Å²) in [5, 5.41) is 2.75. The molecule has 5 heteroatoms. The third-order valence-electron chi connectivity index (χ3n) is 3.36. The van der Waals surface area contributed by atoms with Crippen molar-refractivity contribution in [3.63, 3.8) is 0 Å². The molecule has 1 aliphatic rings. The third kappa shape index (κ3) is 5.04. The summed E-state index contributed by atoms with van der Waals surface area (Å²) in [6.45, 7) is 2.70. The quantitative estimate of drug-likeness (QED) is 0.719. The van der Waals surface area contributed by atoms with Crippen LogP contribution in [-0.4, -0.2) is 49.6 Å². The summed E-state index contributed by atoms with van der Waals surface area (Å²) < 4.78 is 4.87. The molecule has 2 amide bonds. The standard InChI is InChI=1S/C13H24N2O3/c1-11(16)15(12-6-4-3-5-7-12)10-13(17)14-8-9-18-2/h12H,3-10H2,1-2H3,(H,14,17). The lowest BCUT2D eigenvalue weighted by molar-refractivity contribution is -0.137. The number of amides is 2. The molecular weight excluding hydrogens is 232 g/mol. The second-order valence-corrected chi connectivity index (χ2v) is 4.78. The van der Waals surface area contributed by atoms with Crippen LogP contribution in [0.3, 0.4) is 0 Å². The van der Waals surface area contributed by atoms with E-state index in [0.717, 1.165) is 25.7 Å². The van der Waals surface area contributed by atoms with Gasteiger partial charge in [-0.1, -0.05) is 19.3 Å². The van der Waals surface area contributed by atoms with Gasteiger partial charge in [0.1, 0.15) is 0 Å². The first-order valence-electron chi connectivity index (χ1n) is 6.68. The Bertz CT molecular complexity index is 275. The van der Waals surface area contributed by atoms with E-state index in [4.69, 9.17) is 4.74 Å². The molecule has 0 radical (unpaired) electrons. The van der Waals surface area contributed by atoms with Gasteiger partial charge < -0.3 is 15.0 Å². The van der Waals surface area contributed by atoms with Gasteiger partial charge in [-0.3, -0.25) is 9.59 Å². The fourth-order valence-corrected chi connectivity index (χ4v) is 2.39. The van der Waals surface area contributed by atoms with E-state index >= 15 is 0 Å². The number of nitrogens with one attached hydrogen (secondary N) is 1. The zero-order chi connectivity index (χ0) is 13.4. The predicted molar refractivity (Wildman–Crippen MR) is 69.1 cm³/mol. The molecule has 0 aromatic rings. The van der Waals surface area contributed by atoms with E-state index in [1.54, 1.807) is 12.0 Å². The van der Waals surface area contributed by atoms with Crippen LogP contribution in [0.15, 0.2) is 0 Å². The van der Waals surface area contributed by atoms with Crippen molar-refractivity contribution in [3.05, 3.63) is 0 Å². The van der Waals surface area contributed by atoms with Crippen LogP contribution in [0.1, 0.15) is 39.0 Å². The second-order valence-electron chi connectivity index (χ2n) is 4.78. The van der Waals surface area contributed by atoms with Crippen LogP contribution in [0, 0.1) is 0 Å². The van der Waals surface area contributed by atoms with Gasteiger partial charge in [-0.05, 0) is 12.8 Å². The number of methoxy groups -OCH3 is 1. The predicted octanol–water partition coefficient (Wildman–Crippen LogP) is 0.930. The van der Waals surface area contributed by atoms with E-state index in [-0.39, 0.29) is 24.4 Å².